The molecule has 0 saturated heterocycles. The third-order valence-electron chi connectivity index (χ3n) is 3.46. The van der Waals surface area contributed by atoms with Gasteiger partial charge in [-0.2, -0.15) is 0 Å². The van der Waals surface area contributed by atoms with Gasteiger partial charge in [0.05, 0.1) is 10.9 Å². The standard InChI is InChI=1S/C13H14N2O.C2H6/c1-7-3-4-9-5-12-11(6-10(7)9)13(16)15-8(2)14-12;1-2/h5-7H,3-4H2,1-2H3,(H,14,15,16);1-2H3. The number of H-pyrrole nitrogens is 1. The SMILES string of the molecule is CC.Cc1nc2cc3c(cc2c(=O)[nH]1)C(C)CC3. The number of hydrogen-bond acceptors (Lipinski definition) is 2. The van der Waals surface area contributed by atoms with E-state index in [0.29, 0.717) is 11.7 Å². The average Bonchev–Trinajstić information content (AvgIpc) is 2.71. The van der Waals surface area contributed by atoms with Crippen LogP contribution in [0.4, 0.5) is 0 Å². The predicted octanol–water partition coefficient (Wildman–Crippen LogP) is 3.31. The first-order valence-electron chi connectivity index (χ1n) is 6.68. The first-order chi connectivity index (χ1) is 8.65. The van der Waals surface area contributed by atoms with Crippen LogP contribution < -0.4 is 5.56 Å². The second-order valence-electron chi connectivity index (χ2n) is 4.66. The zero-order valence-electron chi connectivity index (χ0n) is 11.5. The Balaban J connectivity index is 0.000000574. The fourth-order valence-corrected chi connectivity index (χ4v) is 2.57. The van der Waals surface area contributed by atoms with E-state index in [0.717, 1.165) is 17.3 Å². The van der Waals surface area contributed by atoms with Crippen molar-refractivity contribution in [3.63, 3.8) is 0 Å². The molecule has 96 valence electrons. The average molecular weight is 244 g/mol. The van der Waals surface area contributed by atoms with Gasteiger partial charge in [-0.15, -0.1) is 0 Å². The van der Waals surface area contributed by atoms with Gasteiger partial charge in [0.1, 0.15) is 5.82 Å². The van der Waals surface area contributed by atoms with Crippen molar-refractivity contribution in [1.29, 1.82) is 0 Å². The normalized spacial score (nSPS) is 17.2. The molecular weight excluding hydrogens is 224 g/mol. The number of aromatic amines is 1. The van der Waals surface area contributed by atoms with E-state index in [1.54, 1.807) is 0 Å². The molecule has 3 heteroatoms. The Kier molecular flexibility index (Phi) is 3.50. The number of aryl methyl sites for hydroxylation is 2. The summed E-state index contributed by atoms with van der Waals surface area (Å²) in [6.45, 7) is 8.03. The Hall–Kier alpha value is -1.64. The van der Waals surface area contributed by atoms with E-state index in [4.69, 9.17) is 0 Å². The molecule has 0 amide bonds. The molecule has 2 aromatic rings. The molecule has 0 saturated carbocycles. The highest BCUT2D eigenvalue weighted by atomic mass is 16.1. The van der Waals surface area contributed by atoms with E-state index in [9.17, 15) is 4.79 Å². The third kappa shape index (κ3) is 2.05. The van der Waals surface area contributed by atoms with E-state index in [2.05, 4.69) is 23.0 Å². The number of hydrogen-bond donors (Lipinski definition) is 1. The molecule has 18 heavy (non-hydrogen) atoms. The Bertz CT molecular complexity index is 628. The summed E-state index contributed by atoms with van der Waals surface area (Å²) >= 11 is 0. The number of rotatable bonds is 0. The number of nitrogens with one attached hydrogen (secondary N) is 1. The highest BCUT2D eigenvalue weighted by Crippen LogP contribution is 2.34. The largest absolute Gasteiger partial charge is 0.310 e. The molecule has 1 unspecified atom stereocenters. The fraction of sp³-hybridized carbons (Fsp3) is 0.467. The van der Waals surface area contributed by atoms with Crippen molar-refractivity contribution < 1.29 is 0 Å². The molecule has 0 radical (unpaired) electrons. The zero-order chi connectivity index (χ0) is 13.3. The summed E-state index contributed by atoms with van der Waals surface area (Å²) in [5, 5.41) is 0.720. The van der Waals surface area contributed by atoms with Crippen molar-refractivity contribution in [2.75, 3.05) is 0 Å². The molecule has 0 fully saturated rings. The summed E-state index contributed by atoms with van der Waals surface area (Å²) in [7, 11) is 0. The van der Waals surface area contributed by atoms with Gasteiger partial charge in [-0.25, -0.2) is 4.98 Å². The van der Waals surface area contributed by atoms with Crippen LogP contribution in [0.3, 0.4) is 0 Å². The maximum absolute atomic E-state index is 11.8. The summed E-state index contributed by atoms with van der Waals surface area (Å²) in [4.78, 5) is 18.9. The summed E-state index contributed by atoms with van der Waals surface area (Å²) < 4.78 is 0. The Morgan fingerprint density at radius 2 is 2.06 bits per heavy atom. The monoisotopic (exact) mass is 244 g/mol. The quantitative estimate of drug-likeness (QED) is 0.772. The van der Waals surface area contributed by atoms with Gasteiger partial charge in [0.25, 0.3) is 5.56 Å². The van der Waals surface area contributed by atoms with Gasteiger partial charge < -0.3 is 4.98 Å². The van der Waals surface area contributed by atoms with E-state index >= 15 is 0 Å². The molecule has 1 atom stereocenters. The van der Waals surface area contributed by atoms with Gasteiger partial charge in [0.15, 0.2) is 0 Å². The van der Waals surface area contributed by atoms with Crippen molar-refractivity contribution >= 4 is 10.9 Å². The lowest BCUT2D eigenvalue weighted by molar-refractivity contribution is 0.747. The number of benzene rings is 1. The Morgan fingerprint density at radius 3 is 2.78 bits per heavy atom. The van der Waals surface area contributed by atoms with Crippen LogP contribution in [-0.2, 0) is 6.42 Å². The molecule has 0 bridgehead atoms. The summed E-state index contributed by atoms with van der Waals surface area (Å²) in [5.41, 5.74) is 3.49. The highest BCUT2D eigenvalue weighted by Gasteiger charge is 2.20. The van der Waals surface area contributed by atoms with Gasteiger partial charge in [-0.3, -0.25) is 4.79 Å². The van der Waals surface area contributed by atoms with Crippen LogP contribution in [-0.4, -0.2) is 9.97 Å². The molecule has 0 aliphatic heterocycles. The molecule has 3 nitrogen and oxygen atoms in total. The number of aromatic nitrogens is 2. The lowest BCUT2D eigenvalue weighted by Gasteiger charge is -2.06. The summed E-state index contributed by atoms with van der Waals surface area (Å²) in [5.74, 6) is 1.25. The minimum atomic E-state index is -0.0237. The van der Waals surface area contributed by atoms with Crippen molar-refractivity contribution in [3.8, 4) is 0 Å². The van der Waals surface area contributed by atoms with Crippen LogP contribution in [0.15, 0.2) is 16.9 Å². The first-order valence-corrected chi connectivity index (χ1v) is 6.68. The molecule has 1 heterocycles. The van der Waals surface area contributed by atoms with Gasteiger partial charge in [0.2, 0.25) is 0 Å². The molecule has 0 spiro atoms. The van der Waals surface area contributed by atoms with Gasteiger partial charge in [0, 0.05) is 0 Å². The minimum Gasteiger partial charge on any atom is -0.310 e. The number of fused-ring (bicyclic) bond motifs is 2. The molecular formula is C15H20N2O. The lowest BCUT2D eigenvalue weighted by Crippen LogP contribution is -2.10. The van der Waals surface area contributed by atoms with Crippen LogP contribution in [0.1, 0.15) is 50.1 Å². The van der Waals surface area contributed by atoms with Crippen LogP contribution in [0.25, 0.3) is 10.9 Å². The second kappa shape index (κ2) is 4.92. The first kappa shape index (κ1) is 12.8. The molecule has 1 aromatic carbocycles. The van der Waals surface area contributed by atoms with E-state index in [1.165, 1.54) is 17.5 Å². The van der Waals surface area contributed by atoms with Crippen molar-refractivity contribution in [3.05, 3.63) is 39.4 Å². The van der Waals surface area contributed by atoms with Gasteiger partial charge in [-0.1, -0.05) is 20.8 Å². The van der Waals surface area contributed by atoms with E-state index < -0.39 is 0 Å². The van der Waals surface area contributed by atoms with Gasteiger partial charge >= 0.3 is 0 Å². The van der Waals surface area contributed by atoms with Crippen LogP contribution in [0, 0.1) is 6.92 Å². The van der Waals surface area contributed by atoms with Crippen molar-refractivity contribution in [2.24, 2.45) is 0 Å². The third-order valence-corrected chi connectivity index (χ3v) is 3.46. The van der Waals surface area contributed by atoms with Crippen LogP contribution in [0.2, 0.25) is 0 Å². The van der Waals surface area contributed by atoms with Crippen LogP contribution in [0.5, 0.6) is 0 Å². The van der Waals surface area contributed by atoms with Crippen molar-refractivity contribution in [2.45, 2.75) is 46.5 Å². The molecule has 1 aliphatic carbocycles. The smallest absolute Gasteiger partial charge is 0.258 e. The zero-order valence-corrected chi connectivity index (χ0v) is 11.5. The van der Waals surface area contributed by atoms with E-state index in [-0.39, 0.29) is 5.56 Å². The molecule has 1 aliphatic rings. The maximum Gasteiger partial charge on any atom is 0.258 e. The van der Waals surface area contributed by atoms with E-state index in [1.807, 2.05) is 26.8 Å². The lowest BCUT2D eigenvalue weighted by atomic mass is 10.0. The fourth-order valence-electron chi connectivity index (χ4n) is 2.57. The highest BCUT2D eigenvalue weighted by molar-refractivity contribution is 5.80. The Labute approximate surface area is 107 Å². The predicted molar refractivity (Wildman–Crippen MR) is 75.2 cm³/mol. The summed E-state index contributed by atoms with van der Waals surface area (Å²) in [6.07, 6.45) is 2.29. The maximum atomic E-state index is 11.8. The van der Waals surface area contributed by atoms with Crippen LogP contribution >= 0.6 is 0 Å². The number of nitrogens with zero attached hydrogens (tertiary/aromatic N) is 1. The Morgan fingerprint density at radius 1 is 1.33 bits per heavy atom. The topological polar surface area (TPSA) is 45.8 Å². The second-order valence-corrected chi connectivity index (χ2v) is 4.66. The molecule has 1 aromatic heterocycles. The summed E-state index contributed by atoms with van der Waals surface area (Å²) in [6, 6.07) is 4.10. The molecule has 3 rings (SSSR count). The molecule has 1 N–H and O–H groups in total. The van der Waals surface area contributed by atoms with Crippen molar-refractivity contribution in [1.82, 2.24) is 9.97 Å². The minimum absolute atomic E-state index is 0.0237. The van der Waals surface area contributed by atoms with Gasteiger partial charge in [-0.05, 0) is 48.9 Å².